The third kappa shape index (κ3) is 4.95. The summed E-state index contributed by atoms with van der Waals surface area (Å²) in [5.74, 6) is -0.903. The predicted octanol–water partition coefficient (Wildman–Crippen LogP) is 3.57. The number of esters is 1. The third-order valence-corrected chi connectivity index (χ3v) is 4.42. The molecule has 0 amide bonds. The van der Waals surface area contributed by atoms with Crippen LogP contribution in [0.3, 0.4) is 0 Å². The first-order valence-electron chi connectivity index (χ1n) is 10.9. The van der Waals surface area contributed by atoms with Gasteiger partial charge >= 0.3 is 5.97 Å². The van der Waals surface area contributed by atoms with E-state index in [1.54, 1.807) is 12.1 Å². The highest BCUT2D eigenvalue weighted by atomic mass is 16.5. The van der Waals surface area contributed by atoms with Gasteiger partial charge in [0.25, 0.3) is 0 Å². The molecule has 0 radical (unpaired) electrons. The van der Waals surface area contributed by atoms with E-state index >= 15 is 0 Å². The Morgan fingerprint density at radius 2 is 1.67 bits per heavy atom. The number of nitrogens with zero attached hydrogens (tertiary/aromatic N) is 1. The van der Waals surface area contributed by atoms with Crippen LogP contribution in [-0.2, 0) is 4.74 Å². The molecule has 142 valence electrons. The minimum absolute atomic E-state index is 0.101. The SMILES string of the molecule is [2H]C([2H])(Oc1ccc(C(=O)c2ccccc2C(=O)OC)cc1)C([2H])([2H])N1CCCCC1. The van der Waals surface area contributed by atoms with Crippen molar-refractivity contribution in [2.75, 3.05) is 33.3 Å². The van der Waals surface area contributed by atoms with Crippen LogP contribution in [0.15, 0.2) is 48.5 Å². The van der Waals surface area contributed by atoms with E-state index < -0.39 is 19.0 Å². The molecule has 1 aliphatic heterocycles. The molecule has 3 rings (SSSR count). The summed E-state index contributed by atoms with van der Waals surface area (Å²) in [6.07, 6.45) is 2.64. The lowest BCUT2D eigenvalue weighted by Crippen LogP contribution is -2.33. The summed E-state index contributed by atoms with van der Waals surface area (Å²) in [5.41, 5.74) is 0.629. The Balaban J connectivity index is 1.77. The van der Waals surface area contributed by atoms with Crippen molar-refractivity contribution in [3.8, 4) is 5.75 Å². The van der Waals surface area contributed by atoms with E-state index in [1.165, 1.54) is 48.4 Å². The minimum atomic E-state index is -2.59. The first-order chi connectivity index (χ1) is 14.7. The molecule has 1 saturated heterocycles. The average Bonchev–Trinajstić information content (AvgIpc) is 2.78. The Kier molecular flexibility index (Phi) is 4.98. The van der Waals surface area contributed by atoms with Crippen LogP contribution in [-0.4, -0.2) is 49.9 Å². The number of ether oxygens (including phenoxy) is 2. The van der Waals surface area contributed by atoms with Crippen LogP contribution < -0.4 is 4.74 Å². The van der Waals surface area contributed by atoms with Crippen LogP contribution in [0.2, 0.25) is 0 Å². The largest absolute Gasteiger partial charge is 0.492 e. The molecular formula is C22H25NO4. The Labute approximate surface area is 165 Å². The lowest BCUT2D eigenvalue weighted by atomic mass is 9.98. The van der Waals surface area contributed by atoms with E-state index in [0.717, 1.165) is 19.3 Å². The van der Waals surface area contributed by atoms with Gasteiger partial charge in [0.1, 0.15) is 12.3 Å². The summed E-state index contributed by atoms with van der Waals surface area (Å²) in [4.78, 5) is 26.3. The minimum Gasteiger partial charge on any atom is -0.492 e. The molecule has 0 aromatic heterocycles. The predicted molar refractivity (Wildman–Crippen MR) is 103 cm³/mol. The highest BCUT2D eigenvalue weighted by Gasteiger charge is 2.18. The molecule has 5 heteroatoms. The molecule has 0 spiro atoms. The number of hydrogen-bond donors (Lipinski definition) is 0. The highest BCUT2D eigenvalue weighted by molar-refractivity contribution is 6.14. The van der Waals surface area contributed by atoms with Crippen molar-refractivity contribution >= 4 is 11.8 Å². The van der Waals surface area contributed by atoms with Gasteiger partial charge in [-0.05, 0) is 56.3 Å². The van der Waals surface area contributed by atoms with Crippen LogP contribution in [0.25, 0.3) is 0 Å². The molecule has 0 atom stereocenters. The fraction of sp³-hybridized carbons (Fsp3) is 0.364. The summed E-state index contributed by atoms with van der Waals surface area (Å²) < 4.78 is 43.0. The van der Waals surface area contributed by atoms with Crippen LogP contribution in [0, 0.1) is 0 Å². The molecular weight excluding hydrogens is 342 g/mol. The van der Waals surface area contributed by atoms with Gasteiger partial charge in [-0.2, -0.15) is 0 Å². The van der Waals surface area contributed by atoms with Gasteiger partial charge < -0.3 is 9.47 Å². The van der Waals surface area contributed by atoms with Gasteiger partial charge in [-0.3, -0.25) is 9.69 Å². The number of likely N-dealkylation sites (tertiary alicyclic amines) is 1. The molecule has 0 unspecified atom stereocenters. The molecule has 1 fully saturated rings. The molecule has 27 heavy (non-hydrogen) atoms. The third-order valence-electron chi connectivity index (χ3n) is 4.42. The Morgan fingerprint density at radius 1 is 1.00 bits per heavy atom. The number of piperidine rings is 1. The lowest BCUT2D eigenvalue weighted by molar-refractivity contribution is 0.0597. The van der Waals surface area contributed by atoms with Crippen molar-refractivity contribution in [3.05, 3.63) is 65.2 Å². The van der Waals surface area contributed by atoms with Crippen LogP contribution in [0.5, 0.6) is 5.75 Å². The van der Waals surface area contributed by atoms with E-state index in [-0.39, 0.29) is 28.2 Å². The fourth-order valence-electron chi connectivity index (χ4n) is 2.95. The topological polar surface area (TPSA) is 55.8 Å². The second-order valence-corrected chi connectivity index (χ2v) is 6.25. The second kappa shape index (κ2) is 9.33. The quantitative estimate of drug-likeness (QED) is 0.550. The number of hydrogen-bond acceptors (Lipinski definition) is 5. The van der Waals surface area contributed by atoms with Crippen molar-refractivity contribution in [2.24, 2.45) is 0 Å². The standard InChI is InChI=1S/C22H25NO4/c1-26-22(25)20-8-4-3-7-19(20)21(24)17-9-11-18(12-10-17)27-16-15-23-13-5-2-6-14-23/h3-4,7-12H,2,5-6,13-16H2,1H3/i15D2,16D2. The zero-order valence-corrected chi connectivity index (χ0v) is 15.2. The Hall–Kier alpha value is -2.66. The van der Waals surface area contributed by atoms with Gasteiger partial charge in [-0.1, -0.05) is 24.6 Å². The normalized spacial score (nSPS) is 17.8. The Bertz CT molecular complexity index is 941. The maximum atomic E-state index is 12.9. The van der Waals surface area contributed by atoms with Gasteiger partial charge in [0.15, 0.2) is 5.78 Å². The smallest absolute Gasteiger partial charge is 0.338 e. The molecule has 1 aliphatic rings. The maximum Gasteiger partial charge on any atom is 0.338 e. The Morgan fingerprint density at radius 3 is 2.33 bits per heavy atom. The van der Waals surface area contributed by atoms with Crippen LogP contribution >= 0.6 is 0 Å². The van der Waals surface area contributed by atoms with Gasteiger partial charge in [-0.15, -0.1) is 0 Å². The van der Waals surface area contributed by atoms with E-state index in [9.17, 15) is 9.59 Å². The number of methoxy groups -OCH3 is 1. The molecule has 0 bridgehead atoms. The second-order valence-electron chi connectivity index (χ2n) is 6.25. The van der Waals surface area contributed by atoms with Gasteiger partial charge in [-0.25, -0.2) is 4.79 Å². The summed E-state index contributed by atoms with van der Waals surface area (Å²) in [7, 11) is 1.24. The molecule has 1 heterocycles. The zero-order valence-electron chi connectivity index (χ0n) is 19.2. The zero-order chi connectivity index (χ0) is 22.6. The van der Waals surface area contributed by atoms with Crippen molar-refractivity contribution in [3.63, 3.8) is 0 Å². The van der Waals surface area contributed by atoms with Crippen molar-refractivity contribution < 1.29 is 24.5 Å². The van der Waals surface area contributed by atoms with Gasteiger partial charge in [0, 0.05) is 20.4 Å². The summed E-state index contributed by atoms with van der Waals surface area (Å²) in [6.45, 7) is -3.94. The number of ketones is 1. The number of carbonyl (C=O) groups excluding carboxylic acids is 2. The highest BCUT2D eigenvalue weighted by Crippen LogP contribution is 2.19. The number of carbonyl (C=O) groups is 2. The van der Waals surface area contributed by atoms with Gasteiger partial charge in [0.05, 0.1) is 15.4 Å². The average molecular weight is 371 g/mol. The molecule has 5 nitrogen and oxygen atoms in total. The van der Waals surface area contributed by atoms with Crippen LogP contribution in [0.4, 0.5) is 0 Å². The first-order valence-corrected chi connectivity index (χ1v) is 8.93. The van der Waals surface area contributed by atoms with Crippen LogP contribution in [0.1, 0.15) is 51.0 Å². The number of rotatable bonds is 7. The van der Waals surface area contributed by atoms with Crippen molar-refractivity contribution in [1.29, 1.82) is 0 Å². The monoisotopic (exact) mass is 371 g/mol. The van der Waals surface area contributed by atoms with Crippen molar-refractivity contribution in [2.45, 2.75) is 19.3 Å². The van der Waals surface area contributed by atoms with E-state index in [1.807, 2.05) is 0 Å². The molecule has 0 aliphatic carbocycles. The van der Waals surface area contributed by atoms with E-state index in [2.05, 4.69) is 0 Å². The maximum absolute atomic E-state index is 12.9. The molecule has 0 N–H and O–H groups in total. The van der Waals surface area contributed by atoms with Crippen molar-refractivity contribution in [1.82, 2.24) is 4.90 Å². The molecule has 0 saturated carbocycles. The van der Waals surface area contributed by atoms with Gasteiger partial charge in [0.2, 0.25) is 0 Å². The van der Waals surface area contributed by atoms with E-state index in [0.29, 0.717) is 13.1 Å². The van der Waals surface area contributed by atoms with E-state index in [4.69, 9.17) is 15.0 Å². The first kappa shape index (κ1) is 14.4. The summed E-state index contributed by atoms with van der Waals surface area (Å²) in [6, 6.07) is 12.1. The number of benzene rings is 2. The molecule has 2 aromatic carbocycles. The molecule has 2 aromatic rings. The summed E-state index contributed by atoms with van der Waals surface area (Å²) >= 11 is 0. The lowest BCUT2D eigenvalue weighted by Gasteiger charge is -2.26. The summed E-state index contributed by atoms with van der Waals surface area (Å²) in [5, 5.41) is 0. The fourth-order valence-corrected chi connectivity index (χ4v) is 2.95.